The number of carbonyl (C=O) groups excluding carboxylic acids is 2. The quantitative estimate of drug-likeness (QED) is 0.787. The van der Waals surface area contributed by atoms with Gasteiger partial charge in [0.25, 0.3) is 0 Å². The fourth-order valence-electron chi connectivity index (χ4n) is 4.41. The monoisotopic (exact) mass is 406 g/mol. The number of hydrogen-bond acceptors (Lipinski definition) is 4. The summed E-state index contributed by atoms with van der Waals surface area (Å²) >= 11 is 0. The summed E-state index contributed by atoms with van der Waals surface area (Å²) in [6, 6.07) is 18.0. The van der Waals surface area contributed by atoms with E-state index in [1.807, 2.05) is 4.90 Å². The van der Waals surface area contributed by atoms with Crippen molar-refractivity contribution in [1.29, 1.82) is 0 Å². The van der Waals surface area contributed by atoms with Crippen molar-refractivity contribution in [2.45, 2.75) is 25.8 Å². The minimum Gasteiger partial charge on any atom is -0.369 e. The zero-order chi connectivity index (χ0) is 20.9. The lowest BCUT2D eigenvalue weighted by atomic mass is 10.0. The van der Waals surface area contributed by atoms with E-state index in [4.69, 9.17) is 0 Å². The number of urea groups is 1. The lowest BCUT2D eigenvalue weighted by molar-refractivity contribution is 0.101. The van der Waals surface area contributed by atoms with Crippen molar-refractivity contribution in [3.05, 3.63) is 60.2 Å². The van der Waals surface area contributed by atoms with Gasteiger partial charge < -0.3 is 15.1 Å². The SMILES string of the molecule is CC(=O)c1ccc(NC(=O)N2CCCC(N3CCN(c4ccccc4)CC3)C2)cc1. The molecule has 2 aliphatic rings. The number of nitrogens with zero attached hydrogens (tertiary/aromatic N) is 3. The Morgan fingerprint density at radius 3 is 2.27 bits per heavy atom. The third kappa shape index (κ3) is 4.82. The van der Waals surface area contributed by atoms with Gasteiger partial charge in [0, 0.05) is 62.2 Å². The Labute approximate surface area is 178 Å². The second-order valence-electron chi connectivity index (χ2n) is 8.16. The van der Waals surface area contributed by atoms with E-state index >= 15 is 0 Å². The molecule has 1 N–H and O–H groups in total. The number of rotatable bonds is 4. The molecule has 1 unspecified atom stereocenters. The van der Waals surface area contributed by atoms with Crippen molar-refractivity contribution in [2.75, 3.05) is 49.5 Å². The standard InChI is InChI=1S/C24H30N4O2/c1-19(29)20-9-11-21(12-10-20)25-24(30)28-13-5-8-23(18-28)27-16-14-26(15-17-27)22-6-3-2-4-7-22/h2-4,6-7,9-12,23H,5,8,13-18H2,1H3,(H,25,30). The van der Waals surface area contributed by atoms with Gasteiger partial charge in [-0.05, 0) is 56.2 Å². The molecular formula is C24H30N4O2. The summed E-state index contributed by atoms with van der Waals surface area (Å²) in [5.74, 6) is 0.0270. The first kappa shape index (κ1) is 20.4. The molecule has 0 bridgehead atoms. The van der Waals surface area contributed by atoms with Crippen LogP contribution in [0.25, 0.3) is 0 Å². The minimum absolute atomic E-state index is 0.0270. The molecule has 158 valence electrons. The number of ketones is 1. The molecule has 0 aromatic heterocycles. The van der Waals surface area contributed by atoms with Crippen LogP contribution in [-0.2, 0) is 0 Å². The van der Waals surface area contributed by atoms with Crippen molar-refractivity contribution in [3.8, 4) is 0 Å². The zero-order valence-electron chi connectivity index (χ0n) is 17.6. The smallest absolute Gasteiger partial charge is 0.321 e. The van der Waals surface area contributed by atoms with Crippen molar-refractivity contribution in [3.63, 3.8) is 0 Å². The first-order chi connectivity index (χ1) is 14.6. The highest BCUT2D eigenvalue weighted by Gasteiger charge is 2.30. The van der Waals surface area contributed by atoms with Gasteiger partial charge in [0.05, 0.1) is 0 Å². The summed E-state index contributed by atoms with van der Waals surface area (Å²) in [4.78, 5) is 31.1. The van der Waals surface area contributed by atoms with Gasteiger partial charge in [-0.3, -0.25) is 9.69 Å². The van der Waals surface area contributed by atoms with E-state index in [-0.39, 0.29) is 11.8 Å². The third-order valence-electron chi connectivity index (χ3n) is 6.18. The number of nitrogens with one attached hydrogen (secondary N) is 1. The Kier molecular flexibility index (Phi) is 6.33. The maximum Gasteiger partial charge on any atom is 0.321 e. The number of carbonyl (C=O) groups is 2. The van der Waals surface area contributed by atoms with Gasteiger partial charge in [-0.1, -0.05) is 18.2 Å². The van der Waals surface area contributed by atoms with Crippen LogP contribution in [0.1, 0.15) is 30.1 Å². The number of hydrogen-bond donors (Lipinski definition) is 1. The predicted octanol–water partition coefficient (Wildman–Crippen LogP) is 3.71. The average Bonchev–Trinajstić information content (AvgIpc) is 2.80. The van der Waals surface area contributed by atoms with Gasteiger partial charge in [-0.15, -0.1) is 0 Å². The molecule has 2 heterocycles. The summed E-state index contributed by atoms with van der Waals surface area (Å²) in [6.45, 7) is 7.20. The largest absolute Gasteiger partial charge is 0.369 e. The van der Waals surface area contributed by atoms with E-state index in [0.717, 1.165) is 57.8 Å². The highest BCUT2D eigenvalue weighted by atomic mass is 16.2. The van der Waals surface area contributed by atoms with Crippen LogP contribution in [-0.4, -0.2) is 66.9 Å². The molecule has 6 nitrogen and oxygen atoms in total. The Morgan fingerprint density at radius 1 is 0.900 bits per heavy atom. The van der Waals surface area contributed by atoms with E-state index in [1.54, 1.807) is 31.2 Å². The average molecular weight is 407 g/mol. The number of amides is 2. The maximum absolute atomic E-state index is 12.8. The van der Waals surface area contributed by atoms with Crippen LogP contribution < -0.4 is 10.2 Å². The molecular weight excluding hydrogens is 376 g/mol. The van der Waals surface area contributed by atoms with Gasteiger partial charge in [0.1, 0.15) is 0 Å². The van der Waals surface area contributed by atoms with Crippen LogP contribution in [0.5, 0.6) is 0 Å². The molecule has 30 heavy (non-hydrogen) atoms. The highest BCUT2D eigenvalue weighted by Crippen LogP contribution is 2.21. The Morgan fingerprint density at radius 2 is 1.60 bits per heavy atom. The first-order valence-corrected chi connectivity index (χ1v) is 10.8. The van der Waals surface area contributed by atoms with E-state index in [0.29, 0.717) is 11.6 Å². The molecule has 0 spiro atoms. The molecule has 2 fully saturated rings. The van der Waals surface area contributed by atoms with E-state index < -0.39 is 0 Å². The summed E-state index contributed by atoms with van der Waals surface area (Å²) in [5.41, 5.74) is 2.67. The summed E-state index contributed by atoms with van der Waals surface area (Å²) < 4.78 is 0. The molecule has 4 rings (SSSR count). The van der Waals surface area contributed by atoms with Crippen LogP contribution in [0.3, 0.4) is 0 Å². The number of piperidine rings is 1. The highest BCUT2D eigenvalue weighted by molar-refractivity contribution is 5.95. The molecule has 2 aromatic carbocycles. The summed E-state index contributed by atoms with van der Waals surface area (Å²) in [6.07, 6.45) is 2.17. The lowest BCUT2D eigenvalue weighted by Crippen LogP contribution is -2.56. The van der Waals surface area contributed by atoms with Crippen molar-refractivity contribution in [1.82, 2.24) is 9.80 Å². The Bertz CT molecular complexity index is 861. The Hall–Kier alpha value is -2.86. The van der Waals surface area contributed by atoms with Crippen LogP contribution in [0, 0.1) is 0 Å². The molecule has 1 atom stereocenters. The number of anilines is 2. The number of Topliss-reactive ketones (excluding diaryl/α,β-unsaturated/α-hetero) is 1. The molecule has 0 saturated carbocycles. The van der Waals surface area contributed by atoms with Crippen LogP contribution >= 0.6 is 0 Å². The third-order valence-corrected chi connectivity index (χ3v) is 6.18. The van der Waals surface area contributed by atoms with Crippen molar-refractivity contribution >= 4 is 23.2 Å². The number of piperazine rings is 1. The Balaban J connectivity index is 1.30. The predicted molar refractivity (Wildman–Crippen MR) is 120 cm³/mol. The van der Waals surface area contributed by atoms with Crippen molar-refractivity contribution in [2.24, 2.45) is 0 Å². The number of likely N-dealkylation sites (tertiary alicyclic amines) is 1. The van der Waals surface area contributed by atoms with Gasteiger partial charge in [0.15, 0.2) is 5.78 Å². The zero-order valence-corrected chi connectivity index (χ0v) is 17.6. The molecule has 2 amide bonds. The fraction of sp³-hybridized carbons (Fsp3) is 0.417. The van der Waals surface area contributed by atoms with Gasteiger partial charge in [0.2, 0.25) is 0 Å². The maximum atomic E-state index is 12.8. The normalized spacial score (nSPS) is 20.1. The van der Waals surface area contributed by atoms with Crippen LogP contribution in [0.15, 0.2) is 54.6 Å². The van der Waals surface area contributed by atoms with Gasteiger partial charge in [-0.25, -0.2) is 4.79 Å². The molecule has 0 aliphatic carbocycles. The van der Waals surface area contributed by atoms with E-state index in [2.05, 4.69) is 45.4 Å². The van der Waals surface area contributed by atoms with E-state index in [9.17, 15) is 9.59 Å². The topological polar surface area (TPSA) is 55.9 Å². The molecule has 0 radical (unpaired) electrons. The van der Waals surface area contributed by atoms with Gasteiger partial charge in [-0.2, -0.15) is 0 Å². The first-order valence-electron chi connectivity index (χ1n) is 10.8. The number of para-hydroxylation sites is 1. The second kappa shape index (κ2) is 9.30. The van der Waals surface area contributed by atoms with E-state index in [1.165, 1.54) is 5.69 Å². The summed E-state index contributed by atoms with van der Waals surface area (Å²) in [5, 5.41) is 2.98. The number of benzene rings is 2. The molecule has 2 saturated heterocycles. The fourth-order valence-corrected chi connectivity index (χ4v) is 4.41. The van der Waals surface area contributed by atoms with Gasteiger partial charge >= 0.3 is 6.03 Å². The second-order valence-corrected chi connectivity index (χ2v) is 8.16. The lowest BCUT2D eigenvalue weighted by Gasteiger charge is -2.43. The molecule has 2 aromatic rings. The van der Waals surface area contributed by atoms with Crippen LogP contribution in [0.4, 0.5) is 16.2 Å². The summed E-state index contributed by atoms with van der Waals surface area (Å²) in [7, 11) is 0. The molecule has 6 heteroatoms. The van der Waals surface area contributed by atoms with Crippen LogP contribution in [0.2, 0.25) is 0 Å². The van der Waals surface area contributed by atoms with Crippen molar-refractivity contribution < 1.29 is 9.59 Å². The molecule has 2 aliphatic heterocycles. The minimum atomic E-state index is -0.0572.